The van der Waals surface area contributed by atoms with E-state index in [0.29, 0.717) is 11.7 Å². The van der Waals surface area contributed by atoms with Gasteiger partial charge in [0.1, 0.15) is 5.75 Å². The van der Waals surface area contributed by atoms with E-state index in [2.05, 4.69) is 32.9 Å². The van der Waals surface area contributed by atoms with Gasteiger partial charge in [0, 0.05) is 0 Å². The third-order valence-electron chi connectivity index (χ3n) is 5.05. The summed E-state index contributed by atoms with van der Waals surface area (Å²) in [6.07, 6.45) is 7.16. The van der Waals surface area contributed by atoms with Gasteiger partial charge in [-0.3, -0.25) is 0 Å². The SMILES string of the molecule is CCCCC(C)(C)c1ccc([C@H]2CCC[C@H](O)C2)c(O)c1. The van der Waals surface area contributed by atoms with Gasteiger partial charge in [0.2, 0.25) is 0 Å². The van der Waals surface area contributed by atoms with Gasteiger partial charge in [-0.25, -0.2) is 0 Å². The Balaban J connectivity index is 2.17. The number of aliphatic hydroxyl groups is 1. The summed E-state index contributed by atoms with van der Waals surface area (Å²) in [7, 11) is 0. The lowest BCUT2D eigenvalue weighted by Crippen LogP contribution is -2.19. The number of aliphatic hydroxyl groups excluding tert-OH is 1. The third kappa shape index (κ3) is 4.00. The molecule has 0 saturated heterocycles. The van der Waals surface area contributed by atoms with Crippen LogP contribution < -0.4 is 0 Å². The van der Waals surface area contributed by atoms with Crippen molar-refractivity contribution in [2.75, 3.05) is 0 Å². The maximum Gasteiger partial charge on any atom is 0.119 e. The molecule has 0 amide bonds. The van der Waals surface area contributed by atoms with Gasteiger partial charge in [0.15, 0.2) is 0 Å². The Labute approximate surface area is 129 Å². The van der Waals surface area contributed by atoms with Crippen molar-refractivity contribution >= 4 is 0 Å². The predicted molar refractivity (Wildman–Crippen MR) is 87.9 cm³/mol. The van der Waals surface area contributed by atoms with Gasteiger partial charge in [-0.15, -0.1) is 0 Å². The van der Waals surface area contributed by atoms with Crippen molar-refractivity contribution in [2.24, 2.45) is 0 Å². The molecule has 0 unspecified atom stereocenters. The Bertz CT molecular complexity index is 465. The van der Waals surface area contributed by atoms with E-state index in [1.807, 2.05) is 6.07 Å². The fraction of sp³-hybridized carbons (Fsp3) is 0.684. The minimum absolute atomic E-state index is 0.109. The van der Waals surface area contributed by atoms with E-state index < -0.39 is 0 Å². The highest BCUT2D eigenvalue weighted by Crippen LogP contribution is 2.39. The molecule has 1 fully saturated rings. The molecule has 0 aliphatic heterocycles. The molecule has 1 aromatic rings. The number of aromatic hydroxyl groups is 1. The molecule has 2 nitrogen and oxygen atoms in total. The first-order valence-corrected chi connectivity index (χ1v) is 8.45. The molecule has 118 valence electrons. The monoisotopic (exact) mass is 290 g/mol. The summed E-state index contributed by atoms with van der Waals surface area (Å²) in [5, 5.41) is 20.3. The van der Waals surface area contributed by atoms with Crippen LogP contribution in [0.1, 0.15) is 82.8 Å². The van der Waals surface area contributed by atoms with E-state index in [0.717, 1.165) is 37.7 Å². The summed E-state index contributed by atoms with van der Waals surface area (Å²) in [5.74, 6) is 0.720. The highest BCUT2D eigenvalue weighted by molar-refractivity contribution is 5.41. The van der Waals surface area contributed by atoms with Crippen molar-refractivity contribution in [1.29, 1.82) is 0 Å². The van der Waals surface area contributed by atoms with Crippen molar-refractivity contribution in [3.8, 4) is 5.75 Å². The molecule has 0 spiro atoms. The number of hydrogen-bond donors (Lipinski definition) is 2. The summed E-state index contributed by atoms with van der Waals surface area (Å²) in [4.78, 5) is 0. The summed E-state index contributed by atoms with van der Waals surface area (Å²) < 4.78 is 0. The van der Waals surface area contributed by atoms with Crippen LogP contribution in [0.4, 0.5) is 0 Å². The van der Waals surface area contributed by atoms with Crippen LogP contribution in [0, 0.1) is 0 Å². The van der Waals surface area contributed by atoms with Crippen LogP contribution in [-0.4, -0.2) is 16.3 Å². The standard InChI is InChI=1S/C19H30O2/c1-4-5-11-19(2,3)15-9-10-17(18(21)13-15)14-7-6-8-16(20)12-14/h9-10,13-14,16,20-21H,4-8,11-12H2,1-3H3/t14-,16-/m0/s1. The Morgan fingerprint density at radius 1 is 1.24 bits per heavy atom. The molecule has 0 heterocycles. The van der Waals surface area contributed by atoms with Crippen LogP contribution in [0.3, 0.4) is 0 Å². The Morgan fingerprint density at radius 2 is 2.00 bits per heavy atom. The molecule has 2 atom stereocenters. The molecule has 2 rings (SSSR count). The van der Waals surface area contributed by atoms with E-state index in [9.17, 15) is 10.2 Å². The Kier molecular flexibility index (Phi) is 5.32. The first kappa shape index (κ1) is 16.4. The van der Waals surface area contributed by atoms with E-state index in [-0.39, 0.29) is 11.5 Å². The molecule has 0 radical (unpaired) electrons. The topological polar surface area (TPSA) is 40.5 Å². The Hall–Kier alpha value is -1.02. The molecule has 2 N–H and O–H groups in total. The summed E-state index contributed by atoms with van der Waals surface area (Å²) in [5.41, 5.74) is 2.34. The lowest BCUT2D eigenvalue weighted by Gasteiger charge is -2.29. The average molecular weight is 290 g/mol. The fourth-order valence-corrected chi connectivity index (χ4v) is 3.52. The van der Waals surface area contributed by atoms with E-state index >= 15 is 0 Å². The molecular formula is C19H30O2. The molecule has 1 aliphatic rings. The van der Waals surface area contributed by atoms with Gasteiger partial charge in [-0.1, -0.05) is 52.2 Å². The molecule has 1 saturated carbocycles. The van der Waals surface area contributed by atoms with Crippen molar-refractivity contribution < 1.29 is 10.2 Å². The largest absolute Gasteiger partial charge is 0.508 e. The van der Waals surface area contributed by atoms with Crippen molar-refractivity contribution in [3.63, 3.8) is 0 Å². The number of rotatable bonds is 5. The number of phenolic OH excluding ortho intramolecular Hbond substituents is 1. The quantitative estimate of drug-likeness (QED) is 0.811. The second-order valence-corrected chi connectivity index (χ2v) is 7.28. The first-order valence-electron chi connectivity index (χ1n) is 8.45. The molecule has 1 aliphatic carbocycles. The predicted octanol–water partition coefficient (Wildman–Crippen LogP) is 4.88. The first-order chi connectivity index (χ1) is 9.94. The minimum Gasteiger partial charge on any atom is -0.508 e. The lowest BCUT2D eigenvalue weighted by molar-refractivity contribution is 0.119. The van der Waals surface area contributed by atoms with E-state index in [1.54, 1.807) is 0 Å². The van der Waals surface area contributed by atoms with Gasteiger partial charge in [0.05, 0.1) is 6.10 Å². The normalized spacial score (nSPS) is 23.2. The molecular weight excluding hydrogens is 260 g/mol. The molecule has 0 aromatic heterocycles. The summed E-state index contributed by atoms with van der Waals surface area (Å²) >= 11 is 0. The summed E-state index contributed by atoms with van der Waals surface area (Å²) in [6.45, 7) is 6.72. The lowest BCUT2D eigenvalue weighted by atomic mass is 9.77. The van der Waals surface area contributed by atoms with Crippen LogP contribution >= 0.6 is 0 Å². The third-order valence-corrected chi connectivity index (χ3v) is 5.05. The van der Waals surface area contributed by atoms with E-state index in [4.69, 9.17) is 0 Å². The number of phenols is 1. The second-order valence-electron chi connectivity index (χ2n) is 7.28. The maximum absolute atomic E-state index is 10.4. The zero-order valence-electron chi connectivity index (χ0n) is 13.7. The Morgan fingerprint density at radius 3 is 2.62 bits per heavy atom. The van der Waals surface area contributed by atoms with Gasteiger partial charge >= 0.3 is 0 Å². The van der Waals surface area contributed by atoms with Crippen LogP contribution in [0.25, 0.3) is 0 Å². The molecule has 1 aromatic carbocycles. The van der Waals surface area contributed by atoms with Gasteiger partial charge in [0.25, 0.3) is 0 Å². The number of benzene rings is 1. The minimum atomic E-state index is -0.205. The van der Waals surface area contributed by atoms with Crippen molar-refractivity contribution in [2.45, 2.75) is 83.2 Å². The van der Waals surface area contributed by atoms with Crippen LogP contribution in [0.5, 0.6) is 5.75 Å². The van der Waals surface area contributed by atoms with Gasteiger partial charge in [-0.2, -0.15) is 0 Å². The highest BCUT2D eigenvalue weighted by atomic mass is 16.3. The number of unbranched alkanes of at least 4 members (excludes halogenated alkanes) is 1. The second kappa shape index (κ2) is 6.83. The number of hydrogen-bond acceptors (Lipinski definition) is 2. The zero-order chi connectivity index (χ0) is 15.5. The zero-order valence-corrected chi connectivity index (χ0v) is 13.7. The highest BCUT2D eigenvalue weighted by Gasteiger charge is 2.26. The average Bonchev–Trinajstić information content (AvgIpc) is 2.45. The van der Waals surface area contributed by atoms with Crippen LogP contribution in [0.15, 0.2) is 18.2 Å². The fourth-order valence-electron chi connectivity index (χ4n) is 3.52. The van der Waals surface area contributed by atoms with Crippen LogP contribution in [0.2, 0.25) is 0 Å². The van der Waals surface area contributed by atoms with Crippen molar-refractivity contribution in [3.05, 3.63) is 29.3 Å². The smallest absolute Gasteiger partial charge is 0.119 e. The van der Waals surface area contributed by atoms with Gasteiger partial charge in [-0.05, 0) is 54.2 Å². The van der Waals surface area contributed by atoms with E-state index in [1.165, 1.54) is 18.4 Å². The maximum atomic E-state index is 10.4. The van der Waals surface area contributed by atoms with Crippen LogP contribution in [-0.2, 0) is 5.41 Å². The van der Waals surface area contributed by atoms with Gasteiger partial charge < -0.3 is 10.2 Å². The summed E-state index contributed by atoms with van der Waals surface area (Å²) in [6, 6.07) is 6.21. The van der Waals surface area contributed by atoms with Crippen molar-refractivity contribution in [1.82, 2.24) is 0 Å². The molecule has 21 heavy (non-hydrogen) atoms. The molecule has 0 bridgehead atoms. The molecule has 2 heteroatoms.